The molecule has 1 atom stereocenters. The summed E-state index contributed by atoms with van der Waals surface area (Å²) in [4.78, 5) is 27.9. The monoisotopic (exact) mass is 338 g/mol. The van der Waals surface area contributed by atoms with E-state index in [4.69, 9.17) is 9.47 Å². The van der Waals surface area contributed by atoms with Gasteiger partial charge in [-0.2, -0.15) is 0 Å². The Bertz CT molecular complexity index is 468. The van der Waals surface area contributed by atoms with Gasteiger partial charge in [-0.3, -0.25) is 9.59 Å². The molecule has 0 radical (unpaired) electrons. The van der Waals surface area contributed by atoms with Crippen molar-refractivity contribution in [3.05, 3.63) is 0 Å². The van der Waals surface area contributed by atoms with E-state index in [9.17, 15) is 9.59 Å². The van der Waals surface area contributed by atoms with E-state index in [2.05, 4.69) is 13.8 Å². The van der Waals surface area contributed by atoms with Crippen LogP contribution in [0.5, 0.6) is 0 Å². The van der Waals surface area contributed by atoms with Crippen molar-refractivity contribution < 1.29 is 19.1 Å². The van der Waals surface area contributed by atoms with E-state index in [1.165, 1.54) is 0 Å². The third-order valence-electron chi connectivity index (χ3n) is 5.46. The second-order valence-electron chi connectivity index (χ2n) is 7.85. The minimum Gasteiger partial charge on any atom is -0.371 e. The number of hydrogen-bond donors (Lipinski definition) is 0. The molecule has 0 aromatic heterocycles. The summed E-state index contributed by atoms with van der Waals surface area (Å²) in [5.41, 5.74) is -0.233. The molecule has 3 saturated heterocycles. The van der Waals surface area contributed by atoms with Gasteiger partial charge in [-0.1, -0.05) is 13.8 Å². The largest absolute Gasteiger partial charge is 0.371 e. The summed E-state index contributed by atoms with van der Waals surface area (Å²) < 4.78 is 11.7. The predicted molar refractivity (Wildman–Crippen MR) is 89.5 cm³/mol. The minimum atomic E-state index is -0.233. The van der Waals surface area contributed by atoms with Crippen LogP contribution in [0.4, 0.5) is 0 Å². The van der Waals surface area contributed by atoms with E-state index in [1.54, 1.807) is 0 Å². The third kappa shape index (κ3) is 3.75. The van der Waals surface area contributed by atoms with Crippen molar-refractivity contribution in [3.8, 4) is 0 Å². The van der Waals surface area contributed by atoms with E-state index in [-0.39, 0.29) is 29.9 Å². The Hall–Kier alpha value is -1.14. The number of ether oxygens (including phenoxy) is 2. The van der Waals surface area contributed by atoms with Gasteiger partial charge >= 0.3 is 0 Å². The van der Waals surface area contributed by atoms with E-state index < -0.39 is 0 Å². The lowest BCUT2D eigenvalue weighted by Crippen LogP contribution is -2.66. The zero-order chi connectivity index (χ0) is 17.2. The number of rotatable bonds is 6. The molecule has 6 heteroatoms. The maximum absolute atomic E-state index is 12.1. The molecule has 136 valence electrons. The first-order valence-electron chi connectivity index (χ1n) is 9.27. The highest BCUT2D eigenvalue weighted by atomic mass is 16.5. The lowest BCUT2D eigenvalue weighted by atomic mass is 9.81. The molecule has 0 N–H and O–H groups in total. The number of carbonyl (C=O) groups excluding carboxylic acids is 2. The molecule has 0 aliphatic carbocycles. The van der Waals surface area contributed by atoms with Crippen LogP contribution in [0.1, 0.15) is 39.5 Å². The highest BCUT2D eigenvalue weighted by molar-refractivity contribution is 5.78. The normalized spacial score (nSPS) is 25.5. The van der Waals surface area contributed by atoms with Gasteiger partial charge in [0.05, 0.1) is 19.7 Å². The van der Waals surface area contributed by atoms with Crippen LogP contribution in [0.2, 0.25) is 0 Å². The molecule has 6 nitrogen and oxygen atoms in total. The van der Waals surface area contributed by atoms with Crippen molar-refractivity contribution in [3.63, 3.8) is 0 Å². The second-order valence-corrected chi connectivity index (χ2v) is 7.85. The van der Waals surface area contributed by atoms with E-state index >= 15 is 0 Å². The maximum Gasteiger partial charge on any atom is 0.248 e. The van der Waals surface area contributed by atoms with Gasteiger partial charge in [-0.05, 0) is 25.2 Å². The number of hydrogen-bond acceptors (Lipinski definition) is 4. The van der Waals surface area contributed by atoms with Crippen LogP contribution in [0, 0.1) is 11.8 Å². The Kier molecular flexibility index (Phi) is 5.45. The molecule has 1 spiro atoms. The first kappa shape index (κ1) is 17.7. The smallest absolute Gasteiger partial charge is 0.248 e. The van der Waals surface area contributed by atoms with Gasteiger partial charge in [0.2, 0.25) is 11.8 Å². The lowest BCUT2D eigenvalue weighted by molar-refractivity contribution is -0.170. The highest BCUT2D eigenvalue weighted by Gasteiger charge is 2.54. The first-order valence-corrected chi connectivity index (χ1v) is 9.27. The van der Waals surface area contributed by atoms with Gasteiger partial charge in [-0.15, -0.1) is 0 Å². The number of carbonyl (C=O) groups is 2. The molecule has 2 amide bonds. The fourth-order valence-corrected chi connectivity index (χ4v) is 3.97. The second kappa shape index (κ2) is 7.40. The molecule has 3 heterocycles. The molecule has 3 rings (SSSR count). The molecule has 24 heavy (non-hydrogen) atoms. The van der Waals surface area contributed by atoms with Crippen molar-refractivity contribution in [1.29, 1.82) is 0 Å². The van der Waals surface area contributed by atoms with Gasteiger partial charge in [0.15, 0.2) is 0 Å². The van der Waals surface area contributed by atoms with Gasteiger partial charge in [-0.25, -0.2) is 0 Å². The zero-order valence-electron chi connectivity index (χ0n) is 15.0. The first-order chi connectivity index (χ1) is 11.5. The average molecular weight is 338 g/mol. The highest BCUT2D eigenvalue weighted by Crippen LogP contribution is 2.40. The Morgan fingerprint density at radius 3 is 2.54 bits per heavy atom. The standard InChI is InChI=1S/C18H30N2O4/c1-14(2)9-16(21)20-12-18(13-20)15(5-8-24-18)10-23-11-17(22)19-6-3-4-7-19/h14-15H,3-13H2,1-2H3. The van der Waals surface area contributed by atoms with Crippen molar-refractivity contribution in [2.24, 2.45) is 11.8 Å². The van der Waals surface area contributed by atoms with Crippen LogP contribution in [-0.4, -0.2) is 73.2 Å². The Morgan fingerprint density at radius 1 is 1.17 bits per heavy atom. The molecule has 0 aromatic rings. The van der Waals surface area contributed by atoms with E-state index in [1.807, 2.05) is 9.80 Å². The van der Waals surface area contributed by atoms with E-state index in [0.717, 1.165) is 39.0 Å². The maximum atomic E-state index is 12.1. The lowest BCUT2D eigenvalue weighted by Gasteiger charge is -2.50. The molecule has 0 bridgehead atoms. The summed E-state index contributed by atoms with van der Waals surface area (Å²) in [5, 5.41) is 0. The topological polar surface area (TPSA) is 59.1 Å². The van der Waals surface area contributed by atoms with Crippen molar-refractivity contribution >= 4 is 11.8 Å². The quantitative estimate of drug-likeness (QED) is 0.732. The SMILES string of the molecule is CC(C)CC(=O)N1CC2(C1)OCCC2COCC(=O)N1CCCC1. The van der Waals surface area contributed by atoms with Crippen LogP contribution in [0.25, 0.3) is 0 Å². The average Bonchev–Trinajstić information content (AvgIpc) is 3.14. The Labute approximate surface area is 144 Å². The number of nitrogens with zero attached hydrogens (tertiary/aromatic N) is 2. The Morgan fingerprint density at radius 2 is 1.88 bits per heavy atom. The van der Waals surface area contributed by atoms with Crippen molar-refractivity contribution in [2.45, 2.75) is 45.1 Å². The molecule has 3 aliphatic heterocycles. The minimum absolute atomic E-state index is 0.0998. The summed E-state index contributed by atoms with van der Waals surface area (Å²) in [7, 11) is 0. The molecule has 1 unspecified atom stereocenters. The summed E-state index contributed by atoms with van der Waals surface area (Å²) >= 11 is 0. The van der Waals surface area contributed by atoms with Crippen molar-refractivity contribution in [2.75, 3.05) is 46.0 Å². The predicted octanol–water partition coefficient (Wildman–Crippen LogP) is 1.29. The molecular weight excluding hydrogens is 308 g/mol. The number of amides is 2. The van der Waals surface area contributed by atoms with Crippen LogP contribution in [0.15, 0.2) is 0 Å². The van der Waals surface area contributed by atoms with Crippen LogP contribution in [-0.2, 0) is 19.1 Å². The summed E-state index contributed by atoms with van der Waals surface area (Å²) in [6.07, 6.45) is 3.75. The van der Waals surface area contributed by atoms with Crippen LogP contribution >= 0.6 is 0 Å². The molecular formula is C18H30N2O4. The fourth-order valence-electron chi connectivity index (χ4n) is 3.97. The fraction of sp³-hybridized carbons (Fsp3) is 0.889. The van der Waals surface area contributed by atoms with Gasteiger partial charge in [0.1, 0.15) is 12.2 Å². The molecule has 0 aromatic carbocycles. The summed E-state index contributed by atoms with van der Waals surface area (Å²) in [6.45, 7) is 8.65. The van der Waals surface area contributed by atoms with Gasteiger partial charge in [0, 0.05) is 32.0 Å². The third-order valence-corrected chi connectivity index (χ3v) is 5.46. The summed E-state index contributed by atoms with van der Waals surface area (Å²) in [6, 6.07) is 0. The van der Waals surface area contributed by atoms with Gasteiger partial charge < -0.3 is 19.3 Å². The van der Waals surface area contributed by atoms with Gasteiger partial charge in [0.25, 0.3) is 0 Å². The van der Waals surface area contributed by atoms with Crippen molar-refractivity contribution in [1.82, 2.24) is 9.80 Å². The van der Waals surface area contributed by atoms with Crippen LogP contribution in [0.3, 0.4) is 0 Å². The van der Waals surface area contributed by atoms with E-state index in [0.29, 0.717) is 32.0 Å². The summed E-state index contributed by atoms with van der Waals surface area (Å²) in [5.74, 6) is 0.985. The Balaban J connectivity index is 1.41. The zero-order valence-corrected chi connectivity index (χ0v) is 15.0. The molecule has 3 fully saturated rings. The van der Waals surface area contributed by atoms with Crippen LogP contribution < -0.4 is 0 Å². The number of likely N-dealkylation sites (tertiary alicyclic amines) is 2. The molecule has 0 saturated carbocycles. The molecule has 3 aliphatic rings.